The van der Waals surface area contributed by atoms with Crippen LogP contribution in [-0.4, -0.2) is 57.2 Å². The van der Waals surface area contributed by atoms with Gasteiger partial charge in [0, 0.05) is 19.3 Å². The van der Waals surface area contributed by atoms with Crippen molar-refractivity contribution in [3.8, 4) is 17.6 Å². The molecule has 0 saturated heterocycles. The smallest absolute Gasteiger partial charge is 0.336 e. The van der Waals surface area contributed by atoms with Gasteiger partial charge in [0.25, 0.3) is 5.91 Å². The maximum atomic E-state index is 13.5. The molecule has 0 spiro atoms. The summed E-state index contributed by atoms with van der Waals surface area (Å²) in [5.74, 6) is 1.64. The van der Waals surface area contributed by atoms with Crippen molar-refractivity contribution < 1.29 is 39.3 Å². The van der Waals surface area contributed by atoms with E-state index >= 15 is 0 Å². The minimum atomic E-state index is -2.40. The highest BCUT2D eigenvalue weighted by atomic mass is 16.5. The Bertz CT molecular complexity index is 1150. The first-order valence-electron chi connectivity index (χ1n) is 16.6. The van der Waals surface area contributed by atoms with Gasteiger partial charge in [-0.1, -0.05) is 89.0 Å². The zero-order chi connectivity index (χ0) is 34.2. The Hall–Kier alpha value is -3.68. The summed E-state index contributed by atoms with van der Waals surface area (Å²) in [5.41, 5.74) is -0.201. The van der Waals surface area contributed by atoms with Crippen LogP contribution in [0.1, 0.15) is 116 Å². The first-order valence-corrected chi connectivity index (χ1v) is 16.6. The van der Waals surface area contributed by atoms with Crippen molar-refractivity contribution in [2.75, 3.05) is 6.61 Å². The molecule has 1 aromatic rings. The van der Waals surface area contributed by atoms with Gasteiger partial charge in [0.1, 0.15) is 24.2 Å². The number of unbranched alkanes of at least 4 members (excludes halogenated alkanes) is 8. The van der Waals surface area contributed by atoms with E-state index in [2.05, 4.69) is 24.1 Å². The van der Waals surface area contributed by atoms with Gasteiger partial charge in [0.2, 0.25) is 5.91 Å². The fourth-order valence-corrected chi connectivity index (χ4v) is 5.16. The first-order chi connectivity index (χ1) is 22.1. The van der Waals surface area contributed by atoms with Gasteiger partial charge in [-0.25, -0.2) is 10.3 Å². The summed E-state index contributed by atoms with van der Waals surface area (Å²) in [7, 11) is 0. The summed E-state index contributed by atoms with van der Waals surface area (Å²) >= 11 is 0. The lowest BCUT2D eigenvalue weighted by Crippen LogP contribution is -2.55. The van der Waals surface area contributed by atoms with Crippen LogP contribution in [0.4, 0.5) is 0 Å². The number of carboxylic acid groups (broad SMARTS) is 1. The highest BCUT2D eigenvalue weighted by molar-refractivity contribution is 5.93. The van der Waals surface area contributed by atoms with Crippen LogP contribution in [0.2, 0.25) is 0 Å². The number of ketones is 1. The van der Waals surface area contributed by atoms with Crippen LogP contribution < -0.4 is 15.5 Å². The molecule has 0 aromatic heterocycles. The number of carboxylic acids is 1. The highest BCUT2D eigenvalue weighted by Crippen LogP contribution is 2.27. The Kier molecular flexibility index (Phi) is 20.7. The summed E-state index contributed by atoms with van der Waals surface area (Å²) in [6, 6.07) is 5.53. The molecule has 3 atom stereocenters. The Morgan fingerprint density at radius 1 is 0.913 bits per heavy atom. The van der Waals surface area contributed by atoms with Gasteiger partial charge in [-0.3, -0.25) is 19.6 Å². The molecule has 0 aliphatic carbocycles. The predicted octanol–water partition coefficient (Wildman–Crippen LogP) is 5.68. The van der Waals surface area contributed by atoms with E-state index in [4.69, 9.17) is 4.74 Å². The standard InChI is InChI=1S/C36H54N2O8/c1-4-7-9-12-15-18-29(39)19-16-13-10-11-14-17-20-31(36(44,25-6-3)35(42)43)33(40)37-32(34(41)38-45)27-28-21-23-30(24-22-28)46-26-8-5-2/h17,20-24,31-32,44-45H,4,6-7,9-16,18-19,25-27H2,1-3H3,(H,37,40)(H,38,41)(H,42,43)/b20-17+/t31-,32+,36+/m1/s1. The third-order valence-corrected chi connectivity index (χ3v) is 7.86. The van der Waals surface area contributed by atoms with Crippen molar-refractivity contribution in [2.24, 2.45) is 5.92 Å². The fraction of sp³-hybridized carbons (Fsp3) is 0.611. The third-order valence-electron chi connectivity index (χ3n) is 7.86. The van der Waals surface area contributed by atoms with Crippen molar-refractivity contribution in [2.45, 2.75) is 129 Å². The lowest BCUT2D eigenvalue weighted by molar-refractivity contribution is -0.167. The number of Topliss-reactive ketones (excluding diaryl/α,β-unsaturated/α-hetero) is 1. The lowest BCUT2D eigenvalue weighted by Gasteiger charge is -2.30. The zero-order valence-electron chi connectivity index (χ0n) is 27.8. The summed E-state index contributed by atoms with van der Waals surface area (Å²) in [5, 5.41) is 32.9. The lowest BCUT2D eigenvalue weighted by atomic mass is 9.82. The number of carbonyl (C=O) groups is 4. The van der Waals surface area contributed by atoms with E-state index in [-0.39, 0.29) is 19.4 Å². The second kappa shape index (κ2) is 23.6. The van der Waals surface area contributed by atoms with E-state index in [9.17, 15) is 34.6 Å². The molecule has 0 heterocycles. The fourth-order valence-electron chi connectivity index (χ4n) is 5.16. The predicted molar refractivity (Wildman–Crippen MR) is 177 cm³/mol. The van der Waals surface area contributed by atoms with Crippen LogP contribution in [0, 0.1) is 17.8 Å². The van der Waals surface area contributed by atoms with E-state index in [0.717, 1.165) is 38.5 Å². The Morgan fingerprint density at radius 2 is 1.54 bits per heavy atom. The molecule has 5 N–H and O–H groups in total. The normalized spacial score (nSPS) is 13.6. The second-order valence-electron chi connectivity index (χ2n) is 11.6. The van der Waals surface area contributed by atoms with Gasteiger partial charge in [-0.15, -0.1) is 5.92 Å². The number of rotatable bonds is 25. The largest absolute Gasteiger partial charge is 0.481 e. The highest BCUT2D eigenvalue weighted by Gasteiger charge is 2.46. The number of aliphatic hydroxyl groups is 1. The molecular weight excluding hydrogens is 588 g/mol. The quantitative estimate of drug-likeness (QED) is 0.0299. The maximum Gasteiger partial charge on any atom is 0.336 e. The molecule has 0 saturated carbocycles. The van der Waals surface area contributed by atoms with E-state index < -0.39 is 35.3 Å². The number of ether oxygens (including phenoxy) is 1. The molecule has 0 fully saturated rings. The molecule has 0 bridgehead atoms. The topological polar surface area (TPSA) is 162 Å². The number of hydroxylamine groups is 1. The monoisotopic (exact) mass is 642 g/mol. The molecule has 1 rings (SSSR count). The van der Waals surface area contributed by atoms with E-state index in [1.54, 1.807) is 49.7 Å². The molecule has 10 heteroatoms. The van der Waals surface area contributed by atoms with E-state index in [1.807, 2.05) is 0 Å². The summed E-state index contributed by atoms with van der Waals surface area (Å²) in [6.45, 7) is 5.80. The van der Waals surface area contributed by atoms with Gasteiger partial charge in [0.05, 0.1) is 5.92 Å². The molecule has 0 radical (unpaired) electrons. The van der Waals surface area contributed by atoms with Crippen LogP contribution >= 0.6 is 0 Å². The number of nitrogens with one attached hydrogen (secondary N) is 2. The zero-order valence-corrected chi connectivity index (χ0v) is 27.8. The molecule has 46 heavy (non-hydrogen) atoms. The minimum Gasteiger partial charge on any atom is -0.481 e. The average Bonchev–Trinajstić information content (AvgIpc) is 3.04. The summed E-state index contributed by atoms with van der Waals surface area (Å²) in [4.78, 5) is 50.3. The minimum absolute atomic E-state index is 0.00967. The third kappa shape index (κ3) is 15.5. The Morgan fingerprint density at radius 3 is 2.11 bits per heavy atom. The molecule has 0 aliphatic heterocycles. The number of benzene rings is 1. The van der Waals surface area contributed by atoms with Crippen LogP contribution in [0.15, 0.2) is 36.4 Å². The van der Waals surface area contributed by atoms with Crippen molar-refractivity contribution in [1.82, 2.24) is 10.8 Å². The molecule has 2 amide bonds. The Balaban J connectivity index is 2.82. The van der Waals surface area contributed by atoms with Crippen molar-refractivity contribution in [3.05, 3.63) is 42.0 Å². The van der Waals surface area contributed by atoms with Crippen molar-refractivity contribution in [1.29, 1.82) is 0 Å². The van der Waals surface area contributed by atoms with Gasteiger partial charge in [-0.2, -0.15) is 0 Å². The SMILES string of the molecule is CC#CCOc1ccc(C[C@H](NC(=O)[C@@H](/C=C/CCCCCCC(=O)CCCCCCC)[C@@](O)(CCC)C(=O)O)C(=O)NO)cc1. The van der Waals surface area contributed by atoms with Gasteiger partial charge < -0.3 is 20.3 Å². The number of amides is 2. The number of hydrogen-bond acceptors (Lipinski definition) is 7. The van der Waals surface area contributed by atoms with Crippen LogP contribution in [-0.2, 0) is 25.6 Å². The summed E-state index contributed by atoms with van der Waals surface area (Å²) in [6.07, 6.45) is 14.0. The molecule has 10 nitrogen and oxygen atoms in total. The number of carbonyl (C=O) groups excluding carboxylic acids is 3. The van der Waals surface area contributed by atoms with Gasteiger partial charge in [-0.05, 0) is 56.7 Å². The molecule has 0 unspecified atom stereocenters. The molecule has 0 aliphatic rings. The van der Waals surface area contributed by atoms with Crippen LogP contribution in [0.25, 0.3) is 0 Å². The van der Waals surface area contributed by atoms with Crippen molar-refractivity contribution in [3.63, 3.8) is 0 Å². The Labute approximate surface area is 274 Å². The van der Waals surface area contributed by atoms with E-state index in [0.29, 0.717) is 42.8 Å². The number of allylic oxidation sites excluding steroid dienone is 1. The molecule has 256 valence electrons. The number of hydrogen-bond donors (Lipinski definition) is 5. The van der Waals surface area contributed by atoms with E-state index in [1.165, 1.54) is 25.3 Å². The second-order valence-corrected chi connectivity index (χ2v) is 11.6. The van der Waals surface area contributed by atoms with Crippen molar-refractivity contribution >= 4 is 23.6 Å². The van der Waals surface area contributed by atoms with Gasteiger partial charge in [0.15, 0.2) is 5.60 Å². The van der Waals surface area contributed by atoms with Crippen LogP contribution in [0.3, 0.4) is 0 Å². The first kappa shape index (κ1) is 40.3. The average molecular weight is 643 g/mol. The summed E-state index contributed by atoms with van der Waals surface area (Å²) < 4.78 is 5.49. The number of aliphatic carboxylic acids is 1. The maximum absolute atomic E-state index is 13.5. The molecule has 1 aromatic carbocycles. The van der Waals surface area contributed by atoms with Crippen LogP contribution in [0.5, 0.6) is 5.75 Å². The van der Waals surface area contributed by atoms with Gasteiger partial charge >= 0.3 is 5.97 Å². The molecular formula is C36H54N2O8.